The highest BCUT2D eigenvalue weighted by Crippen LogP contribution is 2.38. The molecule has 3 rings (SSSR count). The van der Waals surface area contributed by atoms with Gasteiger partial charge in [0.2, 0.25) is 0 Å². The van der Waals surface area contributed by atoms with Gasteiger partial charge >= 0.3 is 0 Å². The van der Waals surface area contributed by atoms with Gasteiger partial charge in [-0.1, -0.05) is 27.5 Å². The van der Waals surface area contributed by atoms with Crippen molar-refractivity contribution in [2.75, 3.05) is 26.2 Å². The first kappa shape index (κ1) is 19.1. The van der Waals surface area contributed by atoms with Gasteiger partial charge in [0.05, 0.1) is 10.4 Å². The second kappa shape index (κ2) is 8.23. The summed E-state index contributed by atoms with van der Waals surface area (Å²) in [7, 11) is 0. The molecule has 0 unspecified atom stereocenters. The van der Waals surface area contributed by atoms with Crippen LogP contribution in [0.15, 0.2) is 28.7 Å². The van der Waals surface area contributed by atoms with Gasteiger partial charge in [-0.15, -0.1) is 23.7 Å². The van der Waals surface area contributed by atoms with Crippen LogP contribution in [0.5, 0.6) is 0 Å². The standard InChI is InChI=1S/C15H14BrClF2N2S.ClH/c16-9-7-10(18)14(11(19)8-9)15(12-1-2-13(17)22-12)21-5-3-20-4-6-21;/h1-2,7-8,15,20H,3-6H2;1H/t15-;/m1./s1. The fourth-order valence-corrected chi connectivity index (χ4v) is 4.34. The second-order valence-electron chi connectivity index (χ2n) is 5.11. The molecule has 1 aromatic heterocycles. The number of thiophene rings is 1. The zero-order chi connectivity index (χ0) is 15.7. The molecule has 1 aliphatic heterocycles. The third kappa shape index (κ3) is 4.24. The van der Waals surface area contributed by atoms with Crippen LogP contribution in [0.1, 0.15) is 16.5 Å². The van der Waals surface area contributed by atoms with Crippen LogP contribution in [0.25, 0.3) is 0 Å². The van der Waals surface area contributed by atoms with Crippen LogP contribution in [-0.4, -0.2) is 31.1 Å². The Morgan fingerprint density at radius 2 is 1.78 bits per heavy atom. The zero-order valence-electron chi connectivity index (χ0n) is 12.0. The van der Waals surface area contributed by atoms with Crippen LogP contribution in [0.3, 0.4) is 0 Å². The molecule has 23 heavy (non-hydrogen) atoms. The van der Waals surface area contributed by atoms with E-state index in [4.69, 9.17) is 11.6 Å². The Balaban J connectivity index is 0.00000192. The summed E-state index contributed by atoms with van der Waals surface area (Å²) in [6, 6.07) is 5.78. The van der Waals surface area contributed by atoms with E-state index in [2.05, 4.69) is 26.1 Å². The quantitative estimate of drug-likeness (QED) is 0.728. The molecule has 0 saturated carbocycles. The molecule has 0 spiro atoms. The van der Waals surface area contributed by atoms with Gasteiger partial charge in [0.1, 0.15) is 11.6 Å². The number of hydrogen-bond acceptors (Lipinski definition) is 3. The lowest BCUT2D eigenvalue weighted by Gasteiger charge is -2.35. The lowest BCUT2D eigenvalue weighted by atomic mass is 10.0. The predicted octanol–water partition coefficient (Wildman–Crippen LogP) is 4.86. The van der Waals surface area contributed by atoms with Crippen LogP contribution in [-0.2, 0) is 0 Å². The number of nitrogens with zero attached hydrogens (tertiary/aromatic N) is 1. The zero-order valence-corrected chi connectivity index (χ0v) is 16.0. The van der Waals surface area contributed by atoms with E-state index in [0.717, 1.165) is 31.1 Å². The van der Waals surface area contributed by atoms with Crippen molar-refractivity contribution in [3.05, 3.63) is 55.1 Å². The lowest BCUT2D eigenvalue weighted by molar-refractivity contribution is 0.194. The van der Waals surface area contributed by atoms with E-state index < -0.39 is 17.7 Å². The largest absolute Gasteiger partial charge is 0.314 e. The topological polar surface area (TPSA) is 15.3 Å². The first-order chi connectivity index (χ1) is 10.6. The summed E-state index contributed by atoms with van der Waals surface area (Å²) in [5.74, 6) is -1.08. The third-order valence-electron chi connectivity index (χ3n) is 3.70. The van der Waals surface area contributed by atoms with Crippen LogP contribution in [0, 0.1) is 11.6 Å². The number of hydrogen-bond donors (Lipinski definition) is 1. The molecule has 1 N–H and O–H groups in total. The van der Waals surface area contributed by atoms with Gasteiger partial charge in [0.15, 0.2) is 0 Å². The smallest absolute Gasteiger partial charge is 0.132 e. The third-order valence-corrected chi connectivity index (χ3v) is 5.44. The first-order valence-electron chi connectivity index (χ1n) is 6.90. The first-order valence-corrected chi connectivity index (χ1v) is 8.89. The van der Waals surface area contributed by atoms with Crippen molar-refractivity contribution < 1.29 is 8.78 Å². The Morgan fingerprint density at radius 1 is 1.17 bits per heavy atom. The fourth-order valence-electron chi connectivity index (χ4n) is 2.73. The molecule has 1 aliphatic rings. The van der Waals surface area contributed by atoms with E-state index in [1.165, 1.54) is 23.5 Å². The molecule has 0 bridgehead atoms. The summed E-state index contributed by atoms with van der Waals surface area (Å²) in [5, 5.41) is 3.26. The highest BCUT2D eigenvalue weighted by molar-refractivity contribution is 9.10. The molecular formula is C15H15BrCl2F2N2S. The molecule has 1 aromatic carbocycles. The highest BCUT2D eigenvalue weighted by Gasteiger charge is 2.30. The van der Waals surface area contributed by atoms with E-state index in [1.807, 2.05) is 6.07 Å². The van der Waals surface area contributed by atoms with Gasteiger partial charge < -0.3 is 5.32 Å². The Kier molecular flexibility index (Phi) is 6.83. The molecule has 2 nitrogen and oxygen atoms in total. The van der Waals surface area contributed by atoms with Gasteiger partial charge in [0.25, 0.3) is 0 Å². The van der Waals surface area contributed by atoms with Crippen molar-refractivity contribution in [2.45, 2.75) is 6.04 Å². The normalized spacial score (nSPS) is 16.9. The van der Waals surface area contributed by atoms with Crippen molar-refractivity contribution in [1.29, 1.82) is 0 Å². The van der Waals surface area contributed by atoms with Gasteiger partial charge in [0, 0.05) is 41.1 Å². The van der Waals surface area contributed by atoms with E-state index in [0.29, 0.717) is 8.81 Å². The van der Waals surface area contributed by atoms with Crippen LogP contribution < -0.4 is 5.32 Å². The molecule has 8 heteroatoms. The van der Waals surface area contributed by atoms with Gasteiger partial charge in [-0.25, -0.2) is 8.78 Å². The Bertz CT molecular complexity index is 654. The van der Waals surface area contributed by atoms with Crippen LogP contribution >= 0.6 is 51.3 Å². The maximum Gasteiger partial charge on any atom is 0.132 e. The lowest BCUT2D eigenvalue weighted by Crippen LogP contribution is -2.45. The van der Waals surface area contributed by atoms with E-state index in [1.54, 1.807) is 6.07 Å². The molecule has 0 radical (unpaired) electrons. The molecule has 2 heterocycles. The molecule has 2 aromatic rings. The average molecular weight is 444 g/mol. The molecule has 1 fully saturated rings. The number of halogens is 5. The van der Waals surface area contributed by atoms with E-state index >= 15 is 0 Å². The summed E-state index contributed by atoms with van der Waals surface area (Å²) >= 11 is 10.5. The van der Waals surface area contributed by atoms with Crippen molar-refractivity contribution in [1.82, 2.24) is 10.2 Å². The monoisotopic (exact) mass is 442 g/mol. The average Bonchev–Trinajstić information content (AvgIpc) is 2.89. The van der Waals surface area contributed by atoms with Gasteiger partial charge in [-0.2, -0.15) is 0 Å². The molecule has 1 saturated heterocycles. The summed E-state index contributed by atoms with van der Waals surface area (Å²) in [6.07, 6.45) is 0. The predicted molar refractivity (Wildman–Crippen MR) is 96.9 cm³/mol. The molecule has 1 atom stereocenters. The number of benzene rings is 1. The van der Waals surface area contributed by atoms with Crippen LogP contribution in [0.4, 0.5) is 8.78 Å². The fraction of sp³-hybridized carbons (Fsp3) is 0.333. The van der Waals surface area contributed by atoms with Crippen molar-refractivity contribution >= 4 is 51.3 Å². The van der Waals surface area contributed by atoms with Gasteiger partial charge in [-0.3, -0.25) is 4.90 Å². The summed E-state index contributed by atoms with van der Waals surface area (Å²) < 4.78 is 30.0. The summed E-state index contributed by atoms with van der Waals surface area (Å²) in [6.45, 7) is 3.06. The minimum absolute atomic E-state index is 0. The minimum atomic E-state index is -0.542. The molecule has 0 aliphatic carbocycles. The second-order valence-corrected chi connectivity index (χ2v) is 7.78. The maximum absolute atomic E-state index is 14.5. The number of piperazine rings is 1. The Morgan fingerprint density at radius 3 is 2.30 bits per heavy atom. The number of nitrogens with one attached hydrogen (secondary N) is 1. The molecule has 126 valence electrons. The van der Waals surface area contributed by atoms with Gasteiger partial charge in [-0.05, 0) is 24.3 Å². The summed E-state index contributed by atoms with van der Waals surface area (Å²) in [4.78, 5) is 2.95. The van der Waals surface area contributed by atoms with Crippen molar-refractivity contribution in [2.24, 2.45) is 0 Å². The Labute approximate surface area is 157 Å². The van der Waals surface area contributed by atoms with E-state index in [-0.39, 0.29) is 18.0 Å². The van der Waals surface area contributed by atoms with Crippen molar-refractivity contribution in [3.8, 4) is 0 Å². The van der Waals surface area contributed by atoms with Crippen molar-refractivity contribution in [3.63, 3.8) is 0 Å². The molecule has 0 amide bonds. The Hall–Kier alpha value is -0.240. The number of rotatable bonds is 3. The minimum Gasteiger partial charge on any atom is -0.314 e. The van der Waals surface area contributed by atoms with Crippen LogP contribution in [0.2, 0.25) is 4.34 Å². The maximum atomic E-state index is 14.5. The summed E-state index contributed by atoms with van der Waals surface area (Å²) in [5.41, 5.74) is 0.0867. The highest BCUT2D eigenvalue weighted by atomic mass is 79.9. The SMILES string of the molecule is Cl.Fc1cc(Br)cc(F)c1[C@@H](c1ccc(Cl)s1)N1CCNCC1. The molecular weight excluding hydrogens is 429 g/mol. The van der Waals surface area contributed by atoms with E-state index in [9.17, 15) is 8.78 Å².